The van der Waals surface area contributed by atoms with Crippen LogP contribution in [0.4, 0.5) is 0 Å². The third-order valence-electron chi connectivity index (χ3n) is 17.6. The number of carbonyl (C=O) groups excluding carboxylic acids is 5. The highest BCUT2D eigenvalue weighted by atomic mass is 16.6. The van der Waals surface area contributed by atoms with Gasteiger partial charge in [0.25, 0.3) is 6.47 Å². The largest absolute Gasteiger partial charge is 0.464 e. The van der Waals surface area contributed by atoms with Gasteiger partial charge in [0, 0.05) is 23.7 Å². The number of ketones is 2. The molecular formula is C46H72N2O7. The van der Waals surface area contributed by atoms with E-state index in [2.05, 4.69) is 53.8 Å². The van der Waals surface area contributed by atoms with Gasteiger partial charge in [0.1, 0.15) is 12.2 Å². The Balaban J connectivity index is 1.27. The number of hydrogen-bond acceptors (Lipinski definition) is 8. The second-order valence-electron chi connectivity index (χ2n) is 22.6. The highest BCUT2D eigenvalue weighted by Crippen LogP contribution is 2.76. The Labute approximate surface area is 330 Å². The molecule has 0 unspecified atom stereocenters. The minimum atomic E-state index is -1.03. The van der Waals surface area contributed by atoms with Crippen LogP contribution in [0.5, 0.6) is 0 Å². The molecule has 6 rings (SSSR count). The number of nitrogens with two attached hydrogens (primary N) is 1. The number of nitrogens with one attached hydrogen (secondary N) is 1. The summed E-state index contributed by atoms with van der Waals surface area (Å²) >= 11 is 0. The summed E-state index contributed by atoms with van der Waals surface area (Å²) in [5.74, 6) is 0.424. The Morgan fingerprint density at radius 3 is 2.09 bits per heavy atom. The molecule has 308 valence electrons. The molecule has 0 bridgehead atoms. The summed E-state index contributed by atoms with van der Waals surface area (Å²) in [5, 5.41) is 3.48. The molecule has 0 aromatic rings. The van der Waals surface area contributed by atoms with Crippen molar-refractivity contribution in [2.24, 2.45) is 67.8 Å². The van der Waals surface area contributed by atoms with E-state index in [0.29, 0.717) is 31.1 Å². The van der Waals surface area contributed by atoms with Gasteiger partial charge in [0.05, 0.1) is 22.4 Å². The van der Waals surface area contributed by atoms with Crippen LogP contribution >= 0.6 is 0 Å². The summed E-state index contributed by atoms with van der Waals surface area (Å²) in [4.78, 5) is 66.0. The molecule has 0 heterocycles. The highest BCUT2D eigenvalue weighted by Gasteiger charge is 2.70. The molecule has 9 heteroatoms. The number of fused-ring (bicyclic) bond motifs is 7. The second-order valence-corrected chi connectivity index (χ2v) is 22.6. The number of allylic oxidation sites excluding steroid dienone is 1. The first-order chi connectivity index (χ1) is 25.1. The Morgan fingerprint density at radius 2 is 1.51 bits per heavy atom. The van der Waals surface area contributed by atoms with Crippen molar-refractivity contribution in [3.63, 3.8) is 0 Å². The fourth-order valence-corrected chi connectivity index (χ4v) is 13.8. The third kappa shape index (κ3) is 6.20. The highest BCUT2D eigenvalue weighted by molar-refractivity contribution is 6.03. The average Bonchev–Trinajstić information content (AvgIpc) is 3.35. The van der Waals surface area contributed by atoms with Crippen molar-refractivity contribution in [3.8, 4) is 0 Å². The molecule has 0 aromatic carbocycles. The maximum absolute atomic E-state index is 14.2. The summed E-state index contributed by atoms with van der Waals surface area (Å²) in [5.41, 5.74) is 4.83. The van der Waals surface area contributed by atoms with E-state index in [9.17, 15) is 24.0 Å². The predicted molar refractivity (Wildman–Crippen MR) is 212 cm³/mol. The van der Waals surface area contributed by atoms with Crippen molar-refractivity contribution in [2.75, 3.05) is 0 Å². The van der Waals surface area contributed by atoms with Crippen LogP contribution in [0.25, 0.3) is 0 Å². The molecule has 6 aliphatic carbocycles. The van der Waals surface area contributed by atoms with Gasteiger partial charge in [0.15, 0.2) is 11.6 Å². The molecule has 10 atom stereocenters. The van der Waals surface area contributed by atoms with Crippen LogP contribution in [-0.4, -0.2) is 53.2 Å². The zero-order valence-corrected chi connectivity index (χ0v) is 36.3. The van der Waals surface area contributed by atoms with Gasteiger partial charge in [-0.2, -0.15) is 0 Å². The van der Waals surface area contributed by atoms with E-state index in [1.807, 2.05) is 27.7 Å². The van der Waals surface area contributed by atoms with Gasteiger partial charge in [-0.1, -0.05) is 76.2 Å². The molecule has 5 fully saturated rings. The number of Topliss-reactive ketones (excluding diaryl/α,β-unsaturated/α-hetero) is 2. The van der Waals surface area contributed by atoms with E-state index in [1.165, 1.54) is 5.57 Å². The Kier molecular flexibility index (Phi) is 10.1. The fraction of sp³-hybridized carbons (Fsp3) is 0.848. The van der Waals surface area contributed by atoms with E-state index in [0.717, 1.165) is 50.5 Å². The van der Waals surface area contributed by atoms with Gasteiger partial charge in [0.2, 0.25) is 5.91 Å². The van der Waals surface area contributed by atoms with E-state index < -0.39 is 21.9 Å². The summed E-state index contributed by atoms with van der Waals surface area (Å²) in [7, 11) is 0. The molecule has 0 radical (unpaired) electrons. The third-order valence-corrected chi connectivity index (χ3v) is 17.6. The standard InChI is InChI=1S/C46H72N2O7/c1-26(2)35-29(50)23-46(48-38(53)39(3,4)24-32(51)42(9,10)47)21-20-44(12)27(36(35)46)14-15-31-43(11)18-17-33(41(7,8)30(43)16-19-45(31,44)13)55-37(52)28-22-34(54-25-49)40(28,5)6/h25-28,30-31,33-34H,14-24,47H2,1-13H3,(H,48,53)/t27-,28-,30+,31-,33+,34-,43+,44-,45-,46-/m1/s1. The first-order valence-corrected chi connectivity index (χ1v) is 21.4. The molecule has 0 spiro atoms. The normalized spacial score (nSPS) is 40.5. The molecule has 1 amide bonds. The maximum Gasteiger partial charge on any atom is 0.310 e. The minimum absolute atomic E-state index is 0.0135. The molecular weight excluding hydrogens is 693 g/mol. The molecule has 5 saturated carbocycles. The van der Waals surface area contributed by atoms with Crippen molar-refractivity contribution in [3.05, 3.63) is 11.1 Å². The van der Waals surface area contributed by atoms with Crippen LogP contribution in [0.3, 0.4) is 0 Å². The van der Waals surface area contributed by atoms with Crippen molar-refractivity contribution < 1.29 is 33.4 Å². The summed E-state index contributed by atoms with van der Waals surface area (Å²) in [6.45, 7) is 27.9. The van der Waals surface area contributed by atoms with Crippen LogP contribution in [-0.2, 0) is 33.4 Å². The van der Waals surface area contributed by atoms with Gasteiger partial charge in [-0.05, 0) is 123 Å². The van der Waals surface area contributed by atoms with Crippen LogP contribution in [0.2, 0.25) is 0 Å². The summed E-state index contributed by atoms with van der Waals surface area (Å²) in [6, 6.07) is 0. The first-order valence-electron chi connectivity index (χ1n) is 21.4. The molecule has 0 aliphatic heterocycles. The topological polar surface area (TPSA) is 142 Å². The SMILES string of the molecule is CC(C)C1=C2[C@H]3CC[C@@H]4[C@@]5(C)CC[C@H](OC(=O)[C@H]6C[C@@H](OC=O)C6(C)C)C(C)(C)[C@@H]5CC[C@@]4(C)[C@]3(C)CC[C@@]2(NC(=O)C(C)(C)CC(=O)C(C)(C)N)CC1=O. The Hall–Kier alpha value is -2.55. The zero-order chi connectivity index (χ0) is 41.1. The fourth-order valence-electron chi connectivity index (χ4n) is 13.8. The molecule has 6 aliphatic rings. The Bertz CT molecular complexity index is 1670. The van der Waals surface area contributed by atoms with E-state index >= 15 is 0 Å². The quantitative estimate of drug-likeness (QED) is 0.168. The van der Waals surface area contributed by atoms with Gasteiger partial charge >= 0.3 is 5.97 Å². The van der Waals surface area contributed by atoms with Gasteiger partial charge in [-0.25, -0.2) is 0 Å². The predicted octanol–water partition coefficient (Wildman–Crippen LogP) is 8.06. The lowest BCUT2D eigenvalue weighted by Crippen LogP contribution is -2.67. The second kappa shape index (κ2) is 13.2. The van der Waals surface area contributed by atoms with E-state index in [-0.39, 0.29) is 87.9 Å². The Morgan fingerprint density at radius 1 is 0.855 bits per heavy atom. The van der Waals surface area contributed by atoms with Crippen LogP contribution in [0, 0.1) is 62.1 Å². The molecule has 9 nitrogen and oxygen atoms in total. The average molecular weight is 765 g/mol. The van der Waals surface area contributed by atoms with Crippen molar-refractivity contribution >= 4 is 29.9 Å². The smallest absolute Gasteiger partial charge is 0.310 e. The van der Waals surface area contributed by atoms with Crippen LogP contribution < -0.4 is 11.1 Å². The number of rotatable bonds is 10. The van der Waals surface area contributed by atoms with Gasteiger partial charge in [-0.3, -0.25) is 24.0 Å². The molecule has 3 N–H and O–H groups in total. The molecule has 55 heavy (non-hydrogen) atoms. The number of amides is 1. The van der Waals surface area contributed by atoms with Crippen LogP contribution in [0.1, 0.15) is 161 Å². The monoisotopic (exact) mass is 765 g/mol. The zero-order valence-electron chi connectivity index (χ0n) is 36.3. The van der Waals surface area contributed by atoms with Crippen molar-refractivity contribution in [1.29, 1.82) is 0 Å². The number of hydrogen-bond donors (Lipinski definition) is 2. The molecule has 0 aromatic heterocycles. The van der Waals surface area contributed by atoms with Crippen molar-refractivity contribution in [2.45, 2.75) is 184 Å². The number of esters is 1. The maximum atomic E-state index is 14.2. The lowest BCUT2D eigenvalue weighted by atomic mass is 9.33. The number of carbonyl (C=O) groups is 5. The van der Waals surface area contributed by atoms with Gasteiger partial charge in [-0.15, -0.1) is 0 Å². The van der Waals surface area contributed by atoms with Crippen molar-refractivity contribution in [1.82, 2.24) is 5.32 Å². The number of ether oxygens (including phenoxy) is 2. The minimum Gasteiger partial charge on any atom is -0.464 e. The molecule has 0 saturated heterocycles. The first kappa shape index (κ1) is 42.1. The lowest BCUT2D eigenvalue weighted by molar-refractivity contribution is -0.236. The van der Waals surface area contributed by atoms with E-state index in [1.54, 1.807) is 13.8 Å². The lowest BCUT2D eigenvalue weighted by Gasteiger charge is -2.72. The summed E-state index contributed by atoms with van der Waals surface area (Å²) < 4.78 is 11.7. The van der Waals surface area contributed by atoms with Gasteiger partial charge < -0.3 is 20.5 Å². The van der Waals surface area contributed by atoms with E-state index in [4.69, 9.17) is 15.2 Å². The summed E-state index contributed by atoms with van der Waals surface area (Å²) in [6.07, 6.45) is 7.98. The van der Waals surface area contributed by atoms with Crippen LogP contribution in [0.15, 0.2) is 11.1 Å².